The Bertz CT molecular complexity index is 451. The van der Waals surface area contributed by atoms with Crippen LogP contribution < -0.4 is 5.32 Å². The third kappa shape index (κ3) is 4.83. The SMILES string of the molecule is CCOC(=O)[C@@H](CC(=O)C1CCNC1=O)[C@@H](C)C(=O)SCC. The summed E-state index contributed by atoms with van der Waals surface area (Å²) in [5.74, 6) is -2.68. The molecule has 1 N–H and O–H groups in total. The standard InChI is InChI=1S/C15H23NO5S/c1-4-21-14(19)11(9(3)15(20)22-5-2)8-12(17)10-6-7-16-13(10)18/h9-11H,4-8H2,1-3H3,(H,16,18)/t9-,10?,11+/m1/s1. The number of hydrogen-bond acceptors (Lipinski definition) is 6. The predicted molar refractivity (Wildman–Crippen MR) is 83.2 cm³/mol. The van der Waals surface area contributed by atoms with E-state index in [0.29, 0.717) is 18.7 Å². The zero-order chi connectivity index (χ0) is 16.7. The Labute approximate surface area is 134 Å². The second-order valence-electron chi connectivity index (χ2n) is 5.20. The molecule has 1 saturated heterocycles. The van der Waals surface area contributed by atoms with Gasteiger partial charge in [0.05, 0.1) is 18.4 Å². The molecule has 7 heteroatoms. The molecule has 22 heavy (non-hydrogen) atoms. The molecule has 0 bridgehead atoms. The second kappa shape index (κ2) is 8.92. The first kappa shape index (κ1) is 18.7. The van der Waals surface area contributed by atoms with E-state index in [-0.39, 0.29) is 29.8 Å². The molecular formula is C15H23NO5S. The number of nitrogens with one attached hydrogen (secondary N) is 1. The van der Waals surface area contributed by atoms with E-state index in [1.165, 1.54) is 0 Å². The van der Waals surface area contributed by atoms with Crippen LogP contribution in [0.2, 0.25) is 0 Å². The molecule has 1 unspecified atom stereocenters. The molecule has 1 rings (SSSR count). The van der Waals surface area contributed by atoms with Crippen molar-refractivity contribution in [3.05, 3.63) is 0 Å². The largest absolute Gasteiger partial charge is 0.466 e. The number of carbonyl (C=O) groups excluding carboxylic acids is 4. The Hall–Kier alpha value is -1.37. The fourth-order valence-corrected chi connectivity index (χ4v) is 3.12. The maximum atomic E-state index is 12.3. The van der Waals surface area contributed by atoms with Crippen molar-refractivity contribution in [2.24, 2.45) is 17.8 Å². The van der Waals surface area contributed by atoms with Gasteiger partial charge in [0.1, 0.15) is 5.78 Å². The highest BCUT2D eigenvalue weighted by Gasteiger charge is 2.38. The predicted octanol–water partition coefficient (Wildman–Crippen LogP) is 1.18. The van der Waals surface area contributed by atoms with Gasteiger partial charge in [-0.2, -0.15) is 0 Å². The molecule has 6 nitrogen and oxygen atoms in total. The van der Waals surface area contributed by atoms with Gasteiger partial charge in [-0.3, -0.25) is 19.2 Å². The lowest BCUT2D eigenvalue weighted by Crippen LogP contribution is -2.34. The molecule has 1 amide bonds. The first-order chi connectivity index (χ1) is 10.4. The van der Waals surface area contributed by atoms with Gasteiger partial charge in [-0.25, -0.2) is 0 Å². The Kier molecular flexibility index (Phi) is 7.58. The van der Waals surface area contributed by atoms with Gasteiger partial charge in [0.15, 0.2) is 5.12 Å². The van der Waals surface area contributed by atoms with E-state index < -0.39 is 23.7 Å². The number of ether oxygens (including phenoxy) is 1. The molecule has 0 aromatic carbocycles. The quantitative estimate of drug-likeness (QED) is 0.531. The van der Waals surface area contributed by atoms with Gasteiger partial charge in [-0.1, -0.05) is 25.6 Å². The number of carbonyl (C=O) groups is 4. The lowest BCUT2D eigenvalue weighted by atomic mass is 9.86. The van der Waals surface area contributed by atoms with E-state index in [2.05, 4.69) is 5.32 Å². The lowest BCUT2D eigenvalue weighted by molar-refractivity contribution is -0.153. The summed E-state index contributed by atoms with van der Waals surface area (Å²) in [4.78, 5) is 48.0. The summed E-state index contributed by atoms with van der Waals surface area (Å²) < 4.78 is 4.99. The highest BCUT2D eigenvalue weighted by atomic mass is 32.2. The highest BCUT2D eigenvalue weighted by molar-refractivity contribution is 8.13. The Morgan fingerprint density at radius 2 is 2.05 bits per heavy atom. The number of ketones is 1. The molecular weight excluding hydrogens is 306 g/mol. The summed E-state index contributed by atoms with van der Waals surface area (Å²) in [7, 11) is 0. The van der Waals surface area contributed by atoms with E-state index >= 15 is 0 Å². The summed E-state index contributed by atoms with van der Waals surface area (Å²) in [5, 5.41) is 2.47. The van der Waals surface area contributed by atoms with Crippen molar-refractivity contribution in [2.75, 3.05) is 18.9 Å². The average Bonchev–Trinajstić information content (AvgIpc) is 2.90. The maximum absolute atomic E-state index is 12.3. The van der Waals surface area contributed by atoms with E-state index in [1.54, 1.807) is 13.8 Å². The van der Waals surface area contributed by atoms with Crippen LogP contribution in [-0.4, -0.2) is 41.7 Å². The van der Waals surface area contributed by atoms with Crippen LogP contribution in [0.25, 0.3) is 0 Å². The zero-order valence-electron chi connectivity index (χ0n) is 13.2. The van der Waals surface area contributed by atoms with Crippen LogP contribution in [0.15, 0.2) is 0 Å². The van der Waals surface area contributed by atoms with Crippen LogP contribution in [-0.2, 0) is 23.9 Å². The zero-order valence-corrected chi connectivity index (χ0v) is 14.0. The van der Waals surface area contributed by atoms with Crippen LogP contribution in [0.1, 0.15) is 33.6 Å². The molecule has 1 heterocycles. The van der Waals surface area contributed by atoms with Crippen LogP contribution in [0.3, 0.4) is 0 Å². The number of amides is 1. The van der Waals surface area contributed by atoms with Crippen LogP contribution in [0.4, 0.5) is 0 Å². The third-order valence-corrected chi connectivity index (χ3v) is 4.65. The molecule has 0 spiro atoms. The minimum Gasteiger partial charge on any atom is -0.466 e. The molecule has 0 saturated carbocycles. The molecule has 1 aliphatic rings. The minimum absolute atomic E-state index is 0.131. The monoisotopic (exact) mass is 329 g/mol. The van der Waals surface area contributed by atoms with E-state index in [0.717, 1.165) is 11.8 Å². The minimum atomic E-state index is -0.826. The maximum Gasteiger partial charge on any atom is 0.310 e. The van der Waals surface area contributed by atoms with Crippen molar-refractivity contribution >= 4 is 34.5 Å². The number of esters is 1. The molecule has 0 aromatic rings. The second-order valence-corrected chi connectivity index (χ2v) is 6.47. The summed E-state index contributed by atoms with van der Waals surface area (Å²) in [5.41, 5.74) is 0. The van der Waals surface area contributed by atoms with Crippen LogP contribution in [0, 0.1) is 17.8 Å². The smallest absolute Gasteiger partial charge is 0.310 e. The van der Waals surface area contributed by atoms with E-state index in [4.69, 9.17) is 4.74 Å². The molecule has 124 valence electrons. The summed E-state index contributed by atoms with van der Waals surface area (Å²) in [6.45, 7) is 5.82. The summed E-state index contributed by atoms with van der Waals surface area (Å²) in [6.07, 6.45) is 0.313. The van der Waals surface area contributed by atoms with Crippen molar-refractivity contribution in [1.82, 2.24) is 5.32 Å². The van der Waals surface area contributed by atoms with Crippen molar-refractivity contribution in [1.29, 1.82) is 0 Å². The lowest BCUT2D eigenvalue weighted by Gasteiger charge is -2.21. The molecule has 1 fully saturated rings. The topological polar surface area (TPSA) is 89.5 Å². The average molecular weight is 329 g/mol. The van der Waals surface area contributed by atoms with Crippen molar-refractivity contribution in [3.8, 4) is 0 Å². The third-order valence-electron chi connectivity index (χ3n) is 3.71. The number of rotatable bonds is 8. The molecule has 1 aliphatic heterocycles. The van der Waals surface area contributed by atoms with Crippen molar-refractivity contribution < 1.29 is 23.9 Å². The highest BCUT2D eigenvalue weighted by Crippen LogP contribution is 2.26. The fraction of sp³-hybridized carbons (Fsp3) is 0.733. The Morgan fingerprint density at radius 3 is 2.55 bits per heavy atom. The first-order valence-corrected chi connectivity index (χ1v) is 8.54. The van der Waals surface area contributed by atoms with E-state index in [9.17, 15) is 19.2 Å². The Balaban J connectivity index is 2.81. The number of hydrogen-bond donors (Lipinski definition) is 1. The van der Waals surface area contributed by atoms with Crippen molar-refractivity contribution in [3.63, 3.8) is 0 Å². The number of thioether (sulfide) groups is 1. The van der Waals surface area contributed by atoms with Gasteiger partial charge in [0, 0.05) is 18.9 Å². The fourth-order valence-electron chi connectivity index (χ4n) is 2.41. The normalized spacial score (nSPS) is 20.1. The molecule has 0 aromatic heterocycles. The van der Waals surface area contributed by atoms with Crippen molar-refractivity contribution in [2.45, 2.75) is 33.6 Å². The van der Waals surface area contributed by atoms with Gasteiger partial charge in [-0.05, 0) is 19.1 Å². The Morgan fingerprint density at radius 1 is 1.36 bits per heavy atom. The van der Waals surface area contributed by atoms with Gasteiger partial charge in [0.2, 0.25) is 5.91 Å². The van der Waals surface area contributed by atoms with Gasteiger partial charge in [0.25, 0.3) is 0 Å². The molecule has 0 radical (unpaired) electrons. The molecule has 3 atom stereocenters. The van der Waals surface area contributed by atoms with Gasteiger partial charge < -0.3 is 10.1 Å². The van der Waals surface area contributed by atoms with E-state index in [1.807, 2.05) is 6.92 Å². The molecule has 0 aliphatic carbocycles. The van der Waals surface area contributed by atoms with Gasteiger partial charge >= 0.3 is 5.97 Å². The van der Waals surface area contributed by atoms with Gasteiger partial charge in [-0.15, -0.1) is 0 Å². The first-order valence-electron chi connectivity index (χ1n) is 7.56. The van der Waals surface area contributed by atoms with Crippen LogP contribution in [0.5, 0.6) is 0 Å². The summed E-state index contributed by atoms with van der Waals surface area (Å²) >= 11 is 1.13. The number of Topliss-reactive ketones (excluding diaryl/α,β-unsaturated/α-hetero) is 1. The van der Waals surface area contributed by atoms with Crippen LogP contribution >= 0.6 is 11.8 Å². The summed E-state index contributed by atoms with van der Waals surface area (Å²) in [6, 6.07) is 0.